The molecule has 4 rings (SSSR count). The van der Waals surface area contributed by atoms with E-state index in [1.165, 1.54) is 5.56 Å². The molecule has 1 heterocycles. The van der Waals surface area contributed by atoms with E-state index < -0.39 is 0 Å². The Hall–Kier alpha value is -3.37. The fourth-order valence-corrected chi connectivity index (χ4v) is 3.67. The monoisotopic (exact) mass is 398 g/mol. The van der Waals surface area contributed by atoms with Crippen LogP contribution in [-0.2, 0) is 19.7 Å². The number of nitrogens with one attached hydrogen (secondary N) is 1. The van der Waals surface area contributed by atoms with Crippen LogP contribution in [0.2, 0.25) is 0 Å². The summed E-state index contributed by atoms with van der Waals surface area (Å²) < 4.78 is 5.92. The number of hydrogen-bond donors (Lipinski definition) is 1. The van der Waals surface area contributed by atoms with Crippen LogP contribution in [0.15, 0.2) is 83.7 Å². The number of benzene rings is 3. The predicted octanol–water partition coefficient (Wildman–Crippen LogP) is 5.05. The standard InChI is InChI=1S/C26H26N2O2/c1-19-24(17-28(2)16-20-9-5-3-6-10-20)26(29)23-15-22(13-14-25(23)27-19)30-18-21-11-7-4-8-12-21/h3-15H,16-18H2,1-2H3,(H,27,29). The molecule has 0 amide bonds. The van der Waals surface area contributed by atoms with E-state index in [4.69, 9.17) is 4.74 Å². The number of aromatic nitrogens is 1. The van der Waals surface area contributed by atoms with Gasteiger partial charge in [-0.05, 0) is 43.3 Å². The lowest BCUT2D eigenvalue weighted by Crippen LogP contribution is -2.24. The summed E-state index contributed by atoms with van der Waals surface area (Å²) in [4.78, 5) is 18.8. The summed E-state index contributed by atoms with van der Waals surface area (Å²) in [6.07, 6.45) is 0. The third kappa shape index (κ3) is 4.61. The average Bonchev–Trinajstić information content (AvgIpc) is 2.77. The average molecular weight is 399 g/mol. The molecule has 0 saturated carbocycles. The molecule has 30 heavy (non-hydrogen) atoms. The molecular formula is C26H26N2O2. The number of pyridine rings is 1. The zero-order chi connectivity index (χ0) is 20.9. The Labute approximate surface area is 176 Å². The summed E-state index contributed by atoms with van der Waals surface area (Å²) >= 11 is 0. The van der Waals surface area contributed by atoms with Gasteiger partial charge in [0.25, 0.3) is 0 Å². The van der Waals surface area contributed by atoms with E-state index in [0.29, 0.717) is 24.3 Å². The number of hydrogen-bond acceptors (Lipinski definition) is 3. The quantitative estimate of drug-likeness (QED) is 0.474. The minimum absolute atomic E-state index is 0.0614. The molecule has 3 aromatic carbocycles. The van der Waals surface area contributed by atoms with Crippen molar-refractivity contribution in [2.75, 3.05) is 7.05 Å². The first-order chi connectivity index (χ1) is 14.6. The maximum Gasteiger partial charge on any atom is 0.194 e. The highest BCUT2D eigenvalue weighted by molar-refractivity contribution is 5.81. The van der Waals surface area contributed by atoms with Gasteiger partial charge in [-0.1, -0.05) is 60.7 Å². The summed E-state index contributed by atoms with van der Waals surface area (Å²) in [6.45, 7) is 3.81. The van der Waals surface area contributed by atoms with Crippen LogP contribution >= 0.6 is 0 Å². The molecule has 0 atom stereocenters. The number of aryl methyl sites for hydroxylation is 1. The van der Waals surface area contributed by atoms with Crippen LogP contribution in [0.25, 0.3) is 10.9 Å². The zero-order valence-electron chi connectivity index (χ0n) is 17.4. The Morgan fingerprint density at radius 3 is 2.23 bits per heavy atom. The molecule has 0 radical (unpaired) electrons. The number of rotatable bonds is 7. The SMILES string of the molecule is Cc1[nH]c2ccc(OCc3ccccc3)cc2c(=O)c1CN(C)Cc1ccccc1. The van der Waals surface area contributed by atoms with Crippen molar-refractivity contribution in [3.05, 3.63) is 111 Å². The number of aromatic amines is 1. The fraction of sp³-hybridized carbons (Fsp3) is 0.192. The second-order valence-electron chi connectivity index (χ2n) is 7.70. The van der Waals surface area contributed by atoms with Gasteiger partial charge in [-0.25, -0.2) is 0 Å². The minimum atomic E-state index is 0.0614. The van der Waals surface area contributed by atoms with Crippen LogP contribution in [0.5, 0.6) is 5.75 Å². The molecule has 0 unspecified atom stereocenters. The van der Waals surface area contributed by atoms with Crippen molar-refractivity contribution in [3.8, 4) is 5.75 Å². The summed E-state index contributed by atoms with van der Waals surface area (Å²) in [5.74, 6) is 0.698. The lowest BCUT2D eigenvalue weighted by molar-refractivity contribution is 0.306. The molecule has 1 N–H and O–H groups in total. The Morgan fingerprint density at radius 2 is 1.53 bits per heavy atom. The molecule has 0 bridgehead atoms. The number of nitrogens with zero attached hydrogens (tertiary/aromatic N) is 1. The Balaban J connectivity index is 1.56. The van der Waals surface area contributed by atoms with Crippen molar-refractivity contribution in [2.45, 2.75) is 26.6 Å². The summed E-state index contributed by atoms with van der Waals surface area (Å²) in [5, 5.41) is 0.661. The first kappa shape index (κ1) is 19.9. The van der Waals surface area contributed by atoms with E-state index in [2.05, 4.69) is 22.0 Å². The summed E-state index contributed by atoms with van der Waals surface area (Å²) in [5.41, 5.74) is 4.92. The van der Waals surface area contributed by atoms with Crippen LogP contribution in [-0.4, -0.2) is 16.9 Å². The van der Waals surface area contributed by atoms with Gasteiger partial charge in [-0.2, -0.15) is 0 Å². The van der Waals surface area contributed by atoms with Gasteiger partial charge < -0.3 is 9.72 Å². The predicted molar refractivity (Wildman–Crippen MR) is 122 cm³/mol. The van der Waals surface area contributed by atoms with Crippen LogP contribution in [0, 0.1) is 6.92 Å². The Morgan fingerprint density at radius 1 is 0.867 bits per heavy atom. The second kappa shape index (κ2) is 8.97. The molecule has 0 aliphatic carbocycles. The third-order valence-electron chi connectivity index (χ3n) is 5.26. The highest BCUT2D eigenvalue weighted by Crippen LogP contribution is 2.20. The van der Waals surface area contributed by atoms with Gasteiger partial charge in [0.2, 0.25) is 0 Å². The van der Waals surface area contributed by atoms with Gasteiger partial charge in [0.1, 0.15) is 12.4 Å². The first-order valence-corrected chi connectivity index (χ1v) is 10.1. The summed E-state index contributed by atoms with van der Waals surface area (Å²) in [6, 6.07) is 26.0. The van der Waals surface area contributed by atoms with Gasteiger partial charge in [-0.15, -0.1) is 0 Å². The van der Waals surface area contributed by atoms with Crippen molar-refractivity contribution >= 4 is 10.9 Å². The van der Waals surface area contributed by atoms with Crippen LogP contribution in [0.1, 0.15) is 22.4 Å². The fourth-order valence-electron chi connectivity index (χ4n) is 3.67. The highest BCUT2D eigenvalue weighted by atomic mass is 16.5. The number of fused-ring (bicyclic) bond motifs is 1. The molecule has 0 aliphatic heterocycles. The minimum Gasteiger partial charge on any atom is -0.489 e. The van der Waals surface area contributed by atoms with Crippen molar-refractivity contribution in [3.63, 3.8) is 0 Å². The second-order valence-corrected chi connectivity index (χ2v) is 7.70. The molecule has 0 aliphatic rings. The lowest BCUT2D eigenvalue weighted by Gasteiger charge is -2.18. The van der Waals surface area contributed by atoms with E-state index in [0.717, 1.165) is 28.9 Å². The van der Waals surface area contributed by atoms with Crippen molar-refractivity contribution in [1.29, 1.82) is 0 Å². The number of ether oxygens (including phenoxy) is 1. The van der Waals surface area contributed by atoms with Gasteiger partial charge in [-0.3, -0.25) is 9.69 Å². The smallest absolute Gasteiger partial charge is 0.194 e. The molecule has 1 aromatic heterocycles. The highest BCUT2D eigenvalue weighted by Gasteiger charge is 2.13. The molecule has 4 nitrogen and oxygen atoms in total. The largest absolute Gasteiger partial charge is 0.489 e. The Kier molecular flexibility index (Phi) is 5.96. The van der Waals surface area contributed by atoms with Gasteiger partial charge in [0, 0.05) is 35.2 Å². The third-order valence-corrected chi connectivity index (χ3v) is 5.26. The van der Waals surface area contributed by atoms with Gasteiger partial charge in [0.15, 0.2) is 5.43 Å². The van der Waals surface area contributed by atoms with Gasteiger partial charge in [0.05, 0.1) is 0 Å². The van der Waals surface area contributed by atoms with Crippen LogP contribution < -0.4 is 10.2 Å². The lowest BCUT2D eigenvalue weighted by atomic mass is 10.1. The summed E-state index contributed by atoms with van der Waals surface area (Å²) in [7, 11) is 2.04. The van der Waals surface area contributed by atoms with Crippen molar-refractivity contribution in [2.24, 2.45) is 0 Å². The van der Waals surface area contributed by atoms with E-state index in [1.54, 1.807) is 0 Å². The molecular weight excluding hydrogens is 372 g/mol. The molecule has 0 fully saturated rings. The molecule has 4 heteroatoms. The number of H-pyrrole nitrogens is 1. The van der Waals surface area contributed by atoms with Crippen molar-refractivity contribution in [1.82, 2.24) is 9.88 Å². The topological polar surface area (TPSA) is 45.3 Å². The zero-order valence-corrected chi connectivity index (χ0v) is 17.4. The molecule has 4 aromatic rings. The van der Waals surface area contributed by atoms with E-state index in [-0.39, 0.29) is 5.43 Å². The molecule has 0 spiro atoms. The van der Waals surface area contributed by atoms with Crippen molar-refractivity contribution < 1.29 is 4.74 Å². The van der Waals surface area contributed by atoms with E-state index in [1.807, 2.05) is 80.7 Å². The first-order valence-electron chi connectivity index (χ1n) is 10.1. The maximum absolute atomic E-state index is 13.3. The maximum atomic E-state index is 13.3. The van der Waals surface area contributed by atoms with Crippen LogP contribution in [0.4, 0.5) is 0 Å². The van der Waals surface area contributed by atoms with Crippen LogP contribution in [0.3, 0.4) is 0 Å². The van der Waals surface area contributed by atoms with E-state index >= 15 is 0 Å². The van der Waals surface area contributed by atoms with E-state index in [9.17, 15) is 4.79 Å². The Bertz CT molecular complexity index is 1180. The molecule has 152 valence electrons. The normalized spacial score (nSPS) is 11.2. The van der Waals surface area contributed by atoms with Gasteiger partial charge >= 0.3 is 0 Å². The molecule has 0 saturated heterocycles.